The number of rotatable bonds is 6. The second kappa shape index (κ2) is 9.61. The van der Waals surface area contributed by atoms with Gasteiger partial charge in [-0.05, 0) is 76.9 Å². The molecule has 0 aliphatic heterocycles. The summed E-state index contributed by atoms with van der Waals surface area (Å²) in [6, 6.07) is 13.6. The average molecular weight is 562 g/mol. The molecule has 0 fully saturated rings. The van der Waals surface area contributed by atoms with Crippen LogP contribution in [0.2, 0.25) is 0 Å². The second-order valence-corrected chi connectivity index (χ2v) is 10.6. The maximum Gasteiger partial charge on any atom is 0.337 e. The highest BCUT2D eigenvalue weighted by Gasteiger charge is 2.26. The highest BCUT2D eigenvalue weighted by Crippen LogP contribution is 2.43. The van der Waals surface area contributed by atoms with Gasteiger partial charge in [-0.1, -0.05) is 0 Å². The van der Waals surface area contributed by atoms with Crippen molar-refractivity contribution in [1.29, 1.82) is 0 Å². The Hall–Kier alpha value is -3.15. The molecule has 0 saturated carbocycles. The molecular weight excluding hydrogens is 542 g/mol. The maximum atomic E-state index is 13.1. The van der Waals surface area contributed by atoms with Gasteiger partial charge in [-0.2, -0.15) is 0 Å². The van der Waals surface area contributed by atoms with Crippen molar-refractivity contribution in [3.8, 4) is 0 Å². The number of carbonyl (C=O) groups is 2. The number of thiophene rings is 1. The van der Waals surface area contributed by atoms with E-state index in [9.17, 15) is 18.0 Å². The van der Waals surface area contributed by atoms with Gasteiger partial charge in [0.05, 0.1) is 32.7 Å². The number of ether oxygens (including phenoxy) is 1. The topological polar surface area (TPSA) is 97.7 Å². The zero-order valence-electron chi connectivity index (χ0n) is 18.4. The molecule has 11 heteroatoms. The molecule has 0 spiro atoms. The Balaban J connectivity index is 1.66. The number of thiol groups is 1. The Morgan fingerprint density at radius 3 is 2.47 bits per heavy atom. The number of carbonyl (C=O) groups excluding carboxylic acids is 2. The van der Waals surface area contributed by atoms with Gasteiger partial charge < -0.3 is 14.6 Å². The summed E-state index contributed by atoms with van der Waals surface area (Å²) in [6.45, 7) is 1.69. The van der Waals surface area contributed by atoms with Gasteiger partial charge in [0.15, 0.2) is 0 Å². The highest BCUT2D eigenvalue weighted by molar-refractivity contribution is 9.11. The molecule has 0 aliphatic carbocycles. The summed E-state index contributed by atoms with van der Waals surface area (Å²) in [5.41, 5.74) is 3.15. The lowest BCUT2D eigenvalue weighted by molar-refractivity contribution is 0.0600. The smallest absolute Gasteiger partial charge is 0.337 e. The standard InChI is InChI=1S/C23H20BrN3O5S2/c1-13-19(27(34(30)31)17-7-4-14(5-8-17)23(29)32-3)21(24)33-20(13)22(28)25-16-6-9-18-15(12-16)10-11-26(18)2/h4-12,34H,1-3H3,(H,25,28). The van der Waals surface area contributed by atoms with Gasteiger partial charge in [0.1, 0.15) is 0 Å². The number of hydrogen-bond acceptors (Lipinski definition) is 6. The van der Waals surface area contributed by atoms with Gasteiger partial charge in [0, 0.05) is 29.8 Å². The van der Waals surface area contributed by atoms with Gasteiger partial charge in [0.2, 0.25) is 10.9 Å². The van der Waals surface area contributed by atoms with Crippen LogP contribution in [0.3, 0.4) is 0 Å². The molecule has 1 N–H and O–H groups in total. The molecule has 0 unspecified atom stereocenters. The number of amides is 1. The minimum absolute atomic E-state index is 0.295. The normalized spacial score (nSPS) is 11.1. The van der Waals surface area contributed by atoms with E-state index >= 15 is 0 Å². The number of nitrogens with one attached hydrogen (secondary N) is 1. The van der Waals surface area contributed by atoms with Crippen molar-refractivity contribution in [2.75, 3.05) is 16.7 Å². The van der Waals surface area contributed by atoms with E-state index in [-0.39, 0.29) is 5.91 Å². The van der Waals surface area contributed by atoms with Crippen LogP contribution in [0, 0.1) is 6.92 Å². The molecule has 2 heterocycles. The summed E-state index contributed by atoms with van der Waals surface area (Å²) in [5.74, 6) is -0.864. The number of nitrogens with zero attached hydrogens (tertiary/aromatic N) is 2. The van der Waals surface area contributed by atoms with Gasteiger partial charge in [-0.25, -0.2) is 17.5 Å². The van der Waals surface area contributed by atoms with Crippen molar-refractivity contribution in [2.24, 2.45) is 7.05 Å². The van der Waals surface area contributed by atoms with Gasteiger partial charge in [0.25, 0.3) is 5.91 Å². The molecule has 2 aromatic carbocycles. The number of anilines is 3. The molecule has 0 atom stereocenters. The third-order valence-electron chi connectivity index (χ3n) is 5.33. The number of hydrogen-bond donors (Lipinski definition) is 2. The molecule has 0 saturated heterocycles. The number of halogens is 1. The first-order chi connectivity index (χ1) is 16.2. The van der Waals surface area contributed by atoms with Crippen LogP contribution in [0.4, 0.5) is 17.1 Å². The fourth-order valence-corrected chi connectivity index (χ4v) is 6.45. The molecule has 4 rings (SSSR count). The largest absolute Gasteiger partial charge is 0.465 e. The summed E-state index contributed by atoms with van der Waals surface area (Å²) in [6.07, 6.45) is 1.94. The number of methoxy groups -OCH3 is 1. The number of fused-ring (bicyclic) bond motifs is 1. The number of benzene rings is 2. The number of aryl methyl sites for hydroxylation is 1. The van der Waals surface area contributed by atoms with Crippen molar-refractivity contribution in [1.82, 2.24) is 4.57 Å². The van der Waals surface area contributed by atoms with Crippen molar-refractivity contribution in [2.45, 2.75) is 6.92 Å². The van der Waals surface area contributed by atoms with E-state index < -0.39 is 16.9 Å². The highest BCUT2D eigenvalue weighted by atomic mass is 79.9. The minimum atomic E-state index is -3.09. The molecule has 176 valence electrons. The van der Waals surface area contributed by atoms with Crippen molar-refractivity contribution in [3.05, 3.63) is 74.5 Å². The Labute approximate surface area is 210 Å². The predicted molar refractivity (Wildman–Crippen MR) is 138 cm³/mol. The zero-order valence-corrected chi connectivity index (χ0v) is 21.7. The minimum Gasteiger partial charge on any atom is -0.465 e. The van der Waals surface area contributed by atoms with E-state index in [4.69, 9.17) is 0 Å². The maximum absolute atomic E-state index is 13.1. The predicted octanol–water partition coefficient (Wildman–Crippen LogP) is 5.01. The van der Waals surface area contributed by atoms with Crippen LogP contribution in [0.1, 0.15) is 25.6 Å². The first kappa shape index (κ1) is 24.0. The second-order valence-electron chi connectivity index (χ2n) is 7.42. The van der Waals surface area contributed by atoms with E-state index in [2.05, 4.69) is 26.0 Å². The quantitative estimate of drug-likeness (QED) is 0.254. The first-order valence-corrected chi connectivity index (χ1v) is 12.7. The Morgan fingerprint density at radius 2 is 1.82 bits per heavy atom. The van der Waals surface area contributed by atoms with E-state index in [0.717, 1.165) is 26.5 Å². The monoisotopic (exact) mass is 561 g/mol. The van der Waals surface area contributed by atoms with Gasteiger partial charge in [-0.15, -0.1) is 11.3 Å². The van der Waals surface area contributed by atoms with E-state index in [1.807, 2.05) is 42.1 Å². The molecule has 4 aromatic rings. The zero-order chi connectivity index (χ0) is 24.6. The van der Waals surface area contributed by atoms with Crippen LogP contribution in [-0.4, -0.2) is 32.0 Å². The fraction of sp³-hybridized carbons (Fsp3) is 0.130. The summed E-state index contributed by atoms with van der Waals surface area (Å²) in [4.78, 5) is 25.2. The van der Waals surface area contributed by atoms with E-state index in [0.29, 0.717) is 36.9 Å². The Morgan fingerprint density at radius 1 is 1.12 bits per heavy atom. The third kappa shape index (κ3) is 4.46. The molecule has 34 heavy (non-hydrogen) atoms. The van der Waals surface area contributed by atoms with Crippen molar-refractivity contribution >= 4 is 78.0 Å². The third-order valence-corrected chi connectivity index (χ3v) is 8.02. The molecule has 0 aliphatic rings. The number of aromatic nitrogens is 1. The van der Waals surface area contributed by atoms with Crippen LogP contribution in [-0.2, 0) is 22.7 Å². The molecule has 1 amide bonds. The fourth-order valence-electron chi connectivity index (χ4n) is 3.64. The molecular formula is C23H20BrN3O5S2. The molecule has 2 aromatic heterocycles. The summed E-state index contributed by atoms with van der Waals surface area (Å²) in [5, 5.41) is 3.89. The Kier molecular flexibility index (Phi) is 6.78. The molecule has 0 bridgehead atoms. The van der Waals surface area contributed by atoms with Gasteiger partial charge in [-0.3, -0.25) is 4.79 Å². The van der Waals surface area contributed by atoms with Crippen LogP contribution in [0.5, 0.6) is 0 Å². The summed E-state index contributed by atoms with van der Waals surface area (Å²) in [7, 11) is 0.131. The van der Waals surface area contributed by atoms with E-state index in [1.54, 1.807) is 6.92 Å². The lowest BCUT2D eigenvalue weighted by Crippen LogP contribution is -2.16. The van der Waals surface area contributed by atoms with Crippen molar-refractivity contribution in [3.63, 3.8) is 0 Å². The van der Waals surface area contributed by atoms with Crippen molar-refractivity contribution < 1.29 is 22.7 Å². The Bertz CT molecular complexity index is 1480. The summed E-state index contributed by atoms with van der Waals surface area (Å²) >= 11 is 4.57. The molecule has 8 nitrogen and oxygen atoms in total. The van der Waals surface area contributed by atoms with Crippen LogP contribution in [0.15, 0.2) is 58.5 Å². The lowest BCUT2D eigenvalue weighted by atomic mass is 10.2. The van der Waals surface area contributed by atoms with Gasteiger partial charge >= 0.3 is 5.97 Å². The van der Waals surface area contributed by atoms with Crippen LogP contribution < -0.4 is 9.62 Å². The first-order valence-electron chi connectivity index (χ1n) is 9.99. The molecule has 0 radical (unpaired) electrons. The summed E-state index contributed by atoms with van der Waals surface area (Å²) < 4.78 is 32.7. The van der Waals surface area contributed by atoms with Crippen LogP contribution in [0.25, 0.3) is 10.9 Å². The van der Waals surface area contributed by atoms with Crippen LogP contribution >= 0.6 is 27.3 Å². The average Bonchev–Trinajstić information content (AvgIpc) is 3.33. The number of esters is 1. The van der Waals surface area contributed by atoms with E-state index in [1.165, 1.54) is 31.4 Å². The SMILES string of the molecule is COC(=O)c1ccc(N(c2c(Br)sc(C(=O)Nc3ccc4c(ccn4C)c3)c2C)[SH](=O)=O)cc1. The lowest BCUT2D eigenvalue weighted by Gasteiger charge is -2.19.